The van der Waals surface area contributed by atoms with E-state index in [1.54, 1.807) is 0 Å². The highest BCUT2D eigenvalue weighted by Crippen LogP contribution is 2.48. The van der Waals surface area contributed by atoms with Crippen molar-refractivity contribution in [2.24, 2.45) is 0 Å². The number of fused-ring (bicyclic) bond motifs is 8. The second-order valence-corrected chi connectivity index (χ2v) is 12.6. The third-order valence-corrected chi connectivity index (χ3v) is 10.6. The van der Waals surface area contributed by atoms with Crippen molar-refractivity contribution in [1.82, 2.24) is 4.57 Å². The maximum atomic E-state index is 2.46. The Labute approximate surface area is 245 Å². The van der Waals surface area contributed by atoms with E-state index < -0.39 is 0 Å². The molecule has 0 amide bonds. The van der Waals surface area contributed by atoms with Crippen LogP contribution in [0.5, 0.6) is 0 Å². The second kappa shape index (κ2) is 8.90. The minimum absolute atomic E-state index is 1.19. The first-order valence-corrected chi connectivity index (χ1v) is 15.5. The van der Waals surface area contributed by atoms with Gasteiger partial charge in [-0.25, -0.2) is 0 Å². The molecular weight excluding hydrogens is 535 g/mol. The second-order valence-electron chi connectivity index (χ2n) is 10.5. The van der Waals surface area contributed by atoms with Crippen LogP contribution >= 0.6 is 22.7 Å². The molecule has 1 nitrogen and oxygen atoms in total. The van der Waals surface area contributed by atoms with E-state index in [1.165, 1.54) is 79.3 Å². The zero-order valence-corrected chi connectivity index (χ0v) is 23.7. The van der Waals surface area contributed by atoms with Crippen LogP contribution in [0.2, 0.25) is 0 Å². The first kappa shape index (κ1) is 23.0. The van der Waals surface area contributed by atoms with Crippen molar-refractivity contribution in [2.75, 3.05) is 0 Å². The fourth-order valence-corrected chi connectivity index (χ4v) is 8.97. The Morgan fingerprint density at radius 3 is 1.85 bits per heavy atom. The van der Waals surface area contributed by atoms with Gasteiger partial charge in [0.25, 0.3) is 0 Å². The molecule has 0 unspecified atom stereocenters. The van der Waals surface area contributed by atoms with Gasteiger partial charge < -0.3 is 4.57 Å². The number of benzene rings is 6. The van der Waals surface area contributed by atoms with E-state index >= 15 is 0 Å². The Morgan fingerprint density at radius 1 is 0.390 bits per heavy atom. The van der Waals surface area contributed by atoms with Crippen LogP contribution in [0, 0.1) is 0 Å². The monoisotopic (exact) mass is 557 g/mol. The van der Waals surface area contributed by atoms with Gasteiger partial charge in [-0.1, -0.05) is 109 Å². The van der Waals surface area contributed by atoms with Crippen molar-refractivity contribution >= 4 is 74.1 Å². The van der Waals surface area contributed by atoms with Crippen molar-refractivity contribution < 1.29 is 0 Å². The van der Waals surface area contributed by atoms with E-state index in [4.69, 9.17) is 0 Å². The number of thiophene rings is 2. The lowest BCUT2D eigenvalue weighted by Crippen LogP contribution is -1.94. The third kappa shape index (κ3) is 3.34. The lowest BCUT2D eigenvalue weighted by molar-refractivity contribution is 1.19. The van der Waals surface area contributed by atoms with Crippen LogP contribution in [-0.2, 0) is 0 Å². The Bertz CT molecular complexity index is 2420. The molecule has 3 heterocycles. The van der Waals surface area contributed by atoms with Crippen LogP contribution in [0.25, 0.3) is 79.3 Å². The fraction of sp³-hybridized carbons (Fsp3) is 0. The number of hydrogen-bond acceptors (Lipinski definition) is 2. The highest BCUT2D eigenvalue weighted by molar-refractivity contribution is 7.27. The predicted octanol–water partition coefficient (Wildman–Crippen LogP) is 11.7. The van der Waals surface area contributed by atoms with E-state index in [1.807, 2.05) is 22.7 Å². The van der Waals surface area contributed by atoms with Gasteiger partial charge in [0, 0.05) is 46.9 Å². The number of aromatic nitrogens is 1. The summed E-state index contributed by atoms with van der Waals surface area (Å²) in [6, 6.07) is 50.9. The fourth-order valence-electron chi connectivity index (χ4n) is 6.49. The van der Waals surface area contributed by atoms with E-state index in [9.17, 15) is 0 Å². The van der Waals surface area contributed by atoms with Crippen molar-refractivity contribution in [3.05, 3.63) is 140 Å². The van der Waals surface area contributed by atoms with E-state index in [2.05, 4.69) is 144 Å². The number of para-hydroxylation sites is 2. The number of nitrogens with zero attached hydrogens (tertiary/aromatic N) is 1. The Kier molecular flexibility index (Phi) is 5.00. The average molecular weight is 558 g/mol. The van der Waals surface area contributed by atoms with Gasteiger partial charge in [0.15, 0.2) is 0 Å². The summed E-state index contributed by atoms with van der Waals surface area (Å²) in [4.78, 5) is 0. The van der Waals surface area contributed by atoms with Crippen LogP contribution in [0.3, 0.4) is 0 Å². The lowest BCUT2D eigenvalue weighted by Gasteiger charge is -2.14. The van der Waals surface area contributed by atoms with Crippen LogP contribution in [-0.4, -0.2) is 4.57 Å². The molecule has 0 aliphatic carbocycles. The van der Waals surface area contributed by atoms with Crippen molar-refractivity contribution in [1.29, 1.82) is 0 Å². The molecule has 3 heteroatoms. The van der Waals surface area contributed by atoms with Crippen LogP contribution in [0.15, 0.2) is 140 Å². The largest absolute Gasteiger partial charge is 0.308 e. The molecule has 3 aromatic heterocycles. The SMILES string of the molecule is c1ccc(-n2c3ccccc3c3sc4cccc(-c5ccccc5-c5cccc6c5sc5ccccc56)c4c32)cc1. The van der Waals surface area contributed by atoms with Crippen molar-refractivity contribution in [3.63, 3.8) is 0 Å². The molecule has 0 radical (unpaired) electrons. The topological polar surface area (TPSA) is 4.93 Å². The summed E-state index contributed by atoms with van der Waals surface area (Å²) >= 11 is 3.80. The van der Waals surface area contributed by atoms with Gasteiger partial charge in [-0.3, -0.25) is 0 Å². The Morgan fingerprint density at radius 2 is 0.976 bits per heavy atom. The molecule has 192 valence electrons. The predicted molar refractivity (Wildman–Crippen MR) is 180 cm³/mol. The van der Waals surface area contributed by atoms with E-state index in [-0.39, 0.29) is 0 Å². The maximum Gasteiger partial charge on any atom is 0.0734 e. The van der Waals surface area contributed by atoms with E-state index in [0.717, 1.165) is 0 Å². The van der Waals surface area contributed by atoms with Gasteiger partial charge in [0.2, 0.25) is 0 Å². The summed E-state index contributed by atoms with van der Waals surface area (Å²) in [5.41, 5.74) is 8.86. The normalized spacial score (nSPS) is 11.9. The molecule has 9 rings (SSSR count). The summed E-state index contributed by atoms with van der Waals surface area (Å²) in [6.07, 6.45) is 0. The minimum atomic E-state index is 1.19. The molecule has 0 aliphatic rings. The number of hydrogen-bond donors (Lipinski definition) is 0. The third-order valence-electron chi connectivity index (χ3n) is 8.23. The van der Waals surface area contributed by atoms with Gasteiger partial charge in [0.1, 0.15) is 0 Å². The minimum Gasteiger partial charge on any atom is -0.308 e. The average Bonchev–Trinajstić information content (AvgIpc) is 3.70. The molecule has 41 heavy (non-hydrogen) atoms. The summed E-state index contributed by atoms with van der Waals surface area (Å²) in [5.74, 6) is 0. The molecule has 0 aliphatic heterocycles. The summed E-state index contributed by atoms with van der Waals surface area (Å²) < 4.78 is 7.81. The van der Waals surface area contributed by atoms with Gasteiger partial charge in [-0.15, -0.1) is 22.7 Å². The highest BCUT2D eigenvalue weighted by Gasteiger charge is 2.21. The molecule has 0 fully saturated rings. The molecule has 0 spiro atoms. The van der Waals surface area contributed by atoms with Crippen LogP contribution < -0.4 is 0 Å². The summed E-state index contributed by atoms with van der Waals surface area (Å²) in [5, 5.41) is 5.30. The summed E-state index contributed by atoms with van der Waals surface area (Å²) in [6.45, 7) is 0. The maximum absolute atomic E-state index is 2.46. The Hall–Kier alpha value is -4.70. The molecule has 0 atom stereocenters. The van der Waals surface area contributed by atoms with Crippen molar-refractivity contribution in [3.8, 4) is 27.9 Å². The molecule has 0 N–H and O–H groups in total. The molecule has 9 aromatic rings. The van der Waals surface area contributed by atoms with Gasteiger partial charge in [-0.2, -0.15) is 0 Å². The Balaban J connectivity index is 1.39. The van der Waals surface area contributed by atoms with Crippen LogP contribution in [0.1, 0.15) is 0 Å². The molecule has 0 saturated heterocycles. The quantitative estimate of drug-likeness (QED) is 0.204. The van der Waals surface area contributed by atoms with Gasteiger partial charge in [-0.05, 0) is 47.0 Å². The number of rotatable bonds is 3. The standard InChI is InChI=1S/C38H23NS2/c1-2-12-24(13-3-1)39-32-21-8-6-17-31(32)38-36(39)35-28(18-11-23-34(35)41-38)25-14-4-5-15-26(25)29-19-10-20-30-27-16-7-9-22-33(27)40-37(29)30/h1-23H. The molecular formula is C38H23NS2. The molecule has 0 saturated carbocycles. The molecule has 0 bridgehead atoms. The zero-order chi connectivity index (χ0) is 26.9. The molecule has 6 aromatic carbocycles. The first-order valence-electron chi connectivity index (χ1n) is 13.9. The highest BCUT2D eigenvalue weighted by atomic mass is 32.1. The van der Waals surface area contributed by atoms with Gasteiger partial charge in [0.05, 0.1) is 15.7 Å². The lowest BCUT2D eigenvalue weighted by atomic mass is 9.92. The van der Waals surface area contributed by atoms with Crippen LogP contribution in [0.4, 0.5) is 0 Å². The zero-order valence-electron chi connectivity index (χ0n) is 22.0. The van der Waals surface area contributed by atoms with Crippen molar-refractivity contribution in [2.45, 2.75) is 0 Å². The van der Waals surface area contributed by atoms with E-state index in [0.29, 0.717) is 0 Å². The van der Waals surface area contributed by atoms with Gasteiger partial charge >= 0.3 is 0 Å². The first-order chi connectivity index (χ1) is 20.4. The summed E-state index contributed by atoms with van der Waals surface area (Å²) in [7, 11) is 0. The smallest absolute Gasteiger partial charge is 0.0734 e.